The number of carbonyl (C=O) groups excluding carboxylic acids is 1. The van der Waals surface area contributed by atoms with Crippen molar-refractivity contribution in [3.05, 3.63) is 48.0 Å². The summed E-state index contributed by atoms with van der Waals surface area (Å²) >= 11 is 0. The van der Waals surface area contributed by atoms with Gasteiger partial charge in [-0.05, 0) is 56.7 Å². The molecule has 0 bridgehead atoms. The van der Waals surface area contributed by atoms with Crippen LogP contribution in [-0.4, -0.2) is 29.1 Å². The first-order valence-electron chi connectivity index (χ1n) is 9.07. The normalized spacial score (nSPS) is 11.1. The summed E-state index contributed by atoms with van der Waals surface area (Å²) in [5.74, 6) is -1.66. The summed E-state index contributed by atoms with van der Waals surface area (Å²) in [5, 5.41) is 11.4. The van der Waals surface area contributed by atoms with Crippen LogP contribution < -0.4 is 10.1 Å². The fraction of sp³-hybridized carbons (Fsp3) is 0.333. The Balaban J connectivity index is 0.00000218. The van der Waals surface area contributed by atoms with Gasteiger partial charge in [0.25, 0.3) is 0 Å². The smallest absolute Gasteiger partial charge is 0.478 e. The number of benzene rings is 2. The van der Waals surface area contributed by atoms with Crippen LogP contribution in [0.5, 0.6) is 5.75 Å². The van der Waals surface area contributed by atoms with Gasteiger partial charge in [0, 0.05) is 11.3 Å². The van der Waals surface area contributed by atoms with Crippen LogP contribution in [-0.2, 0) is 4.74 Å². The molecule has 0 unspecified atom stereocenters. The molecule has 0 spiro atoms. The van der Waals surface area contributed by atoms with Crippen molar-refractivity contribution in [2.24, 2.45) is 0 Å². The molecule has 0 atom stereocenters. The van der Waals surface area contributed by atoms with Crippen molar-refractivity contribution in [1.82, 2.24) is 0 Å². The van der Waals surface area contributed by atoms with Crippen molar-refractivity contribution >= 4 is 17.7 Å². The molecule has 6 nitrogen and oxygen atoms in total. The molecule has 2 rings (SSSR count). The van der Waals surface area contributed by atoms with Gasteiger partial charge in [0.2, 0.25) is 0 Å². The minimum atomic E-state index is -4.92. The average Bonchev–Trinajstić information content (AvgIpc) is 2.62. The zero-order chi connectivity index (χ0) is 23.1. The zero-order valence-electron chi connectivity index (χ0n) is 17.3. The lowest BCUT2D eigenvalue weighted by molar-refractivity contribution is -0.274. The quantitative estimate of drug-likeness (QED) is 0.596. The van der Waals surface area contributed by atoms with Gasteiger partial charge in [-0.15, -0.1) is 13.2 Å². The summed E-state index contributed by atoms with van der Waals surface area (Å²) in [4.78, 5) is 22.9. The van der Waals surface area contributed by atoms with E-state index < -0.39 is 29.8 Å². The van der Waals surface area contributed by atoms with Gasteiger partial charge < -0.3 is 14.6 Å². The summed E-state index contributed by atoms with van der Waals surface area (Å²) in [6, 6.07) is 8.77. The highest BCUT2D eigenvalue weighted by atomic mass is 19.4. The van der Waals surface area contributed by atoms with Crippen LogP contribution in [0.3, 0.4) is 0 Å². The van der Waals surface area contributed by atoms with Gasteiger partial charge in [0.15, 0.2) is 0 Å². The molecule has 2 aromatic carbocycles. The summed E-state index contributed by atoms with van der Waals surface area (Å²) in [6.45, 7) is 9.01. The second-order valence-corrected chi connectivity index (χ2v) is 6.77. The summed E-state index contributed by atoms with van der Waals surface area (Å²) < 4.78 is 47.3. The van der Waals surface area contributed by atoms with Crippen molar-refractivity contribution in [2.45, 2.75) is 46.6 Å². The Kier molecular flexibility index (Phi) is 8.27. The van der Waals surface area contributed by atoms with Crippen LogP contribution in [0.15, 0.2) is 42.5 Å². The van der Waals surface area contributed by atoms with E-state index in [0.29, 0.717) is 0 Å². The highest BCUT2D eigenvalue weighted by Crippen LogP contribution is 2.36. The Hall–Kier alpha value is -3.23. The molecule has 0 aliphatic rings. The first-order chi connectivity index (χ1) is 13.8. The van der Waals surface area contributed by atoms with Gasteiger partial charge in [-0.25, -0.2) is 9.59 Å². The highest BCUT2D eigenvalue weighted by molar-refractivity contribution is 5.89. The lowest BCUT2D eigenvalue weighted by atomic mass is 10.0. The van der Waals surface area contributed by atoms with Crippen LogP contribution in [0.25, 0.3) is 11.1 Å². The number of hydrogen-bond donors (Lipinski definition) is 2. The number of aromatic carboxylic acids is 1. The van der Waals surface area contributed by atoms with Crippen molar-refractivity contribution < 1.29 is 37.3 Å². The first kappa shape index (κ1) is 24.8. The second-order valence-electron chi connectivity index (χ2n) is 6.77. The average molecular weight is 427 g/mol. The van der Waals surface area contributed by atoms with Crippen LogP contribution in [0, 0.1) is 0 Å². The Morgan fingerprint density at radius 3 is 2.00 bits per heavy atom. The van der Waals surface area contributed by atoms with E-state index in [1.165, 1.54) is 36.4 Å². The van der Waals surface area contributed by atoms with Gasteiger partial charge in [0.05, 0.1) is 5.56 Å². The number of carboxylic acid groups (broad SMARTS) is 1. The molecule has 0 aliphatic heterocycles. The van der Waals surface area contributed by atoms with E-state index in [1.807, 2.05) is 13.8 Å². The Bertz CT molecular complexity index is 872. The lowest BCUT2D eigenvalue weighted by Crippen LogP contribution is -2.27. The maximum absolute atomic E-state index is 12.7. The van der Waals surface area contributed by atoms with E-state index in [-0.39, 0.29) is 22.4 Å². The number of amides is 1. The molecule has 9 heteroatoms. The molecule has 0 fully saturated rings. The van der Waals surface area contributed by atoms with Crippen LogP contribution in [0.2, 0.25) is 0 Å². The fourth-order valence-corrected chi connectivity index (χ4v) is 2.26. The van der Waals surface area contributed by atoms with Crippen molar-refractivity contribution in [2.75, 3.05) is 5.32 Å². The highest BCUT2D eigenvalue weighted by Gasteiger charge is 2.32. The molecule has 2 N–H and O–H groups in total. The van der Waals surface area contributed by atoms with Crippen LogP contribution >= 0.6 is 0 Å². The third-order valence-electron chi connectivity index (χ3n) is 3.29. The third-order valence-corrected chi connectivity index (χ3v) is 3.29. The molecule has 30 heavy (non-hydrogen) atoms. The van der Waals surface area contributed by atoms with Gasteiger partial charge in [0.1, 0.15) is 11.4 Å². The first-order valence-corrected chi connectivity index (χ1v) is 9.07. The number of halogens is 3. The van der Waals surface area contributed by atoms with E-state index in [0.717, 1.165) is 6.07 Å². The SMILES string of the molecule is CC.CC(C)(C)OC(=O)Nc1ccc(OC(F)(F)F)c(-c2ccc(C(=O)O)cc2)c1. The van der Waals surface area contributed by atoms with Crippen LogP contribution in [0.1, 0.15) is 45.0 Å². The molecule has 0 aliphatic carbocycles. The largest absolute Gasteiger partial charge is 0.573 e. The van der Waals surface area contributed by atoms with Crippen LogP contribution in [0.4, 0.5) is 23.7 Å². The molecule has 0 heterocycles. The Morgan fingerprint density at radius 2 is 1.53 bits per heavy atom. The van der Waals surface area contributed by atoms with Gasteiger partial charge in [-0.2, -0.15) is 0 Å². The minimum absolute atomic E-state index is 0.0165. The zero-order valence-corrected chi connectivity index (χ0v) is 17.3. The molecule has 0 radical (unpaired) electrons. The number of nitrogens with one attached hydrogen (secondary N) is 1. The number of carbonyl (C=O) groups is 2. The van der Waals surface area contributed by atoms with E-state index in [4.69, 9.17) is 9.84 Å². The lowest BCUT2D eigenvalue weighted by Gasteiger charge is -2.20. The summed E-state index contributed by atoms with van der Waals surface area (Å²) in [6.07, 6.45) is -5.69. The third kappa shape index (κ3) is 8.02. The Morgan fingerprint density at radius 1 is 0.967 bits per heavy atom. The number of alkyl halides is 3. The van der Waals surface area contributed by atoms with Crippen molar-refractivity contribution in [1.29, 1.82) is 0 Å². The van der Waals surface area contributed by atoms with E-state index >= 15 is 0 Å². The molecule has 1 amide bonds. The van der Waals surface area contributed by atoms with Gasteiger partial charge in [-0.1, -0.05) is 26.0 Å². The maximum atomic E-state index is 12.7. The molecule has 2 aromatic rings. The molecular weight excluding hydrogens is 403 g/mol. The topological polar surface area (TPSA) is 84.9 Å². The van der Waals surface area contributed by atoms with E-state index in [9.17, 15) is 22.8 Å². The number of anilines is 1. The number of ether oxygens (including phenoxy) is 2. The summed E-state index contributed by atoms with van der Waals surface area (Å²) in [5.41, 5.74) is -0.301. The van der Waals surface area contributed by atoms with Crippen molar-refractivity contribution in [3.8, 4) is 16.9 Å². The van der Waals surface area contributed by atoms with E-state index in [1.54, 1.807) is 20.8 Å². The van der Waals surface area contributed by atoms with Gasteiger partial charge >= 0.3 is 18.4 Å². The Labute approximate surface area is 172 Å². The second kappa shape index (κ2) is 10.00. The fourth-order valence-electron chi connectivity index (χ4n) is 2.26. The standard InChI is InChI=1S/C19H18F3NO5.C2H6/c1-18(2,3)28-17(26)23-13-8-9-15(27-19(20,21)22)14(10-13)11-4-6-12(7-5-11)16(24)25;1-2/h4-10H,1-3H3,(H,23,26)(H,24,25);1-2H3. The molecule has 0 aromatic heterocycles. The number of hydrogen-bond acceptors (Lipinski definition) is 4. The number of carboxylic acids is 1. The van der Waals surface area contributed by atoms with Crippen molar-refractivity contribution in [3.63, 3.8) is 0 Å². The molecule has 164 valence electrons. The minimum Gasteiger partial charge on any atom is -0.478 e. The summed E-state index contributed by atoms with van der Waals surface area (Å²) in [7, 11) is 0. The monoisotopic (exact) mass is 427 g/mol. The number of rotatable bonds is 4. The van der Waals surface area contributed by atoms with Gasteiger partial charge in [-0.3, -0.25) is 5.32 Å². The van der Waals surface area contributed by atoms with E-state index in [2.05, 4.69) is 10.1 Å². The molecule has 0 saturated heterocycles. The molecule has 0 saturated carbocycles. The maximum Gasteiger partial charge on any atom is 0.573 e. The predicted octanol–water partition coefficient (Wildman–Crippen LogP) is 6.32. The predicted molar refractivity (Wildman–Crippen MR) is 107 cm³/mol. The molecular formula is C21H24F3NO5.